The zero-order valence-corrected chi connectivity index (χ0v) is 18.2. The number of nitrogens with zero attached hydrogens (tertiary/aromatic N) is 1. The molecule has 1 heterocycles. The number of halogens is 1. The Hall–Kier alpha value is -2.42. The van der Waals surface area contributed by atoms with E-state index < -0.39 is 10.0 Å². The van der Waals surface area contributed by atoms with E-state index >= 15 is 0 Å². The zero-order valence-electron chi connectivity index (χ0n) is 16.6. The molecule has 0 bridgehead atoms. The van der Waals surface area contributed by atoms with E-state index in [2.05, 4.69) is 10.6 Å². The average Bonchev–Trinajstić information content (AvgIpc) is 2.69. The Kier molecular flexibility index (Phi) is 7.12. The summed E-state index contributed by atoms with van der Waals surface area (Å²) in [6.07, 6.45) is 0.926. The summed E-state index contributed by atoms with van der Waals surface area (Å²) < 4.78 is 26.8. The fourth-order valence-electron chi connectivity index (χ4n) is 3.41. The van der Waals surface area contributed by atoms with Gasteiger partial charge in [0.25, 0.3) is 0 Å². The molecule has 3 rings (SSSR count). The third-order valence-corrected chi connectivity index (χ3v) is 7.01. The maximum Gasteiger partial charge on any atom is 0.227 e. The summed E-state index contributed by atoms with van der Waals surface area (Å²) in [6, 6.07) is 13.7. The second kappa shape index (κ2) is 9.59. The third-order valence-electron chi connectivity index (χ3n) is 4.93. The zero-order chi connectivity index (χ0) is 21.7. The van der Waals surface area contributed by atoms with Gasteiger partial charge in [-0.25, -0.2) is 12.7 Å². The lowest BCUT2D eigenvalue weighted by Gasteiger charge is -2.30. The molecule has 0 spiro atoms. The summed E-state index contributed by atoms with van der Waals surface area (Å²) in [7, 11) is -3.47. The molecule has 2 aromatic carbocycles. The monoisotopic (exact) mass is 449 g/mol. The first-order valence-corrected chi connectivity index (χ1v) is 11.6. The molecule has 1 aliphatic rings. The number of piperidine rings is 1. The number of anilines is 2. The van der Waals surface area contributed by atoms with Crippen LogP contribution in [0, 0.1) is 5.92 Å². The van der Waals surface area contributed by atoms with Gasteiger partial charge in [0.1, 0.15) is 0 Å². The number of carbonyl (C=O) groups is 2. The standard InChI is InChI=1S/C21H24ClN3O4S/c1-15(26)23-19-5-7-20(8-6-19)24-21(27)17-9-11-25(12-10-17)30(28,29)14-16-3-2-4-18(22)13-16/h2-8,13,17H,9-12,14H2,1H3,(H,23,26)(H,24,27). The van der Waals surface area contributed by atoms with Gasteiger partial charge in [-0.05, 0) is 54.8 Å². The van der Waals surface area contributed by atoms with Gasteiger partial charge in [-0.2, -0.15) is 0 Å². The van der Waals surface area contributed by atoms with Crippen molar-refractivity contribution in [2.24, 2.45) is 5.92 Å². The van der Waals surface area contributed by atoms with E-state index in [1.165, 1.54) is 11.2 Å². The minimum Gasteiger partial charge on any atom is -0.326 e. The number of nitrogens with one attached hydrogen (secondary N) is 2. The van der Waals surface area contributed by atoms with Crippen molar-refractivity contribution in [1.82, 2.24) is 4.31 Å². The van der Waals surface area contributed by atoms with Crippen molar-refractivity contribution in [3.63, 3.8) is 0 Å². The highest BCUT2D eigenvalue weighted by molar-refractivity contribution is 7.88. The van der Waals surface area contributed by atoms with Crippen LogP contribution in [0.1, 0.15) is 25.3 Å². The van der Waals surface area contributed by atoms with Crippen LogP contribution in [-0.4, -0.2) is 37.6 Å². The largest absolute Gasteiger partial charge is 0.326 e. The number of carbonyl (C=O) groups excluding carboxylic acids is 2. The van der Waals surface area contributed by atoms with E-state index in [1.807, 2.05) is 0 Å². The lowest BCUT2D eigenvalue weighted by molar-refractivity contribution is -0.121. The first-order chi connectivity index (χ1) is 14.2. The maximum absolute atomic E-state index is 12.7. The summed E-state index contributed by atoms with van der Waals surface area (Å²) in [5.74, 6) is -0.652. The normalized spacial score (nSPS) is 15.5. The van der Waals surface area contributed by atoms with Gasteiger partial charge in [-0.3, -0.25) is 9.59 Å². The van der Waals surface area contributed by atoms with E-state index in [1.54, 1.807) is 48.5 Å². The Morgan fingerprint density at radius 2 is 1.63 bits per heavy atom. The van der Waals surface area contributed by atoms with Gasteiger partial charge >= 0.3 is 0 Å². The molecule has 1 aliphatic heterocycles. The lowest BCUT2D eigenvalue weighted by Crippen LogP contribution is -2.41. The molecule has 0 unspecified atom stereocenters. The van der Waals surface area contributed by atoms with Crippen LogP contribution in [0.2, 0.25) is 5.02 Å². The second-order valence-corrected chi connectivity index (χ2v) is 9.71. The molecule has 30 heavy (non-hydrogen) atoms. The summed E-state index contributed by atoms with van der Waals surface area (Å²) >= 11 is 5.94. The molecule has 9 heteroatoms. The fraction of sp³-hybridized carbons (Fsp3) is 0.333. The Morgan fingerprint density at radius 1 is 1.03 bits per heavy atom. The molecule has 1 saturated heterocycles. The van der Waals surface area contributed by atoms with Crippen molar-refractivity contribution < 1.29 is 18.0 Å². The average molecular weight is 450 g/mol. The van der Waals surface area contributed by atoms with Gasteiger partial charge in [-0.15, -0.1) is 0 Å². The fourth-order valence-corrected chi connectivity index (χ4v) is 5.17. The van der Waals surface area contributed by atoms with Gasteiger partial charge in [0.2, 0.25) is 21.8 Å². The van der Waals surface area contributed by atoms with E-state index in [-0.39, 0.29) is 23.5 Å². The van der Waals surface area contributed by atoms with Crippen LogP contribution in [0.15, 0.2) is 48.5 Å². The van der Waals surface area contributed by atoms with Crippen LogP contribution in [-0.2, 0) is 25.4 Å². The van der Waals surface area contributed by atoms with Gasteiger partial charge in [0.05, 0.1) is 5.75 Å². The molecule has 0 aliphatic carbocycles. The van der Waals surface area contributed by atoms with E-state index in [9.17, 15) is 18.0 Å². The summed E-state index contributed by atoms with van der Waals surface area (Å²) in [5, 5.41) is 6.03. The molecule has 2 N–H and O–H groups in total. The number of rotatable bonds is 6. The van der Waals surface area contributed by atoms with Crippen LogP contribution in [0.3, 0.4) is 0 Å². The number of hydrogen-bond donors (Lipinski definition) is 2. The van der Waals surface area contributed by atoms with Crippen molar-refractivity contribution in [3.05, 3.63) is 59.1 Å². The quantitative estimate of drug-likeness (QED) is 0.705. The van der Waals surface area contributed by atoms with E-state index in [0.29, 0.717) is 47.9 Å². The molecule has 1 fully saturated rings. The topological polar surface area (TPSA) is 95.6 Å². The van der Waals surface area contributed by atoms with Crippen LogP contribution in [0.4, 0.5) is 11.4 Å². The molecule has 7 nitrogen and oxygen atoms in total. The molecule has 2 aromatic rings. The Balaban J connectivity index is 1.53. The molecule has 0 aromatic heterocycles. The highest BCUT2D eigenvalue weighted by Crippen LogP contribution is 2.24. The summed E-state index contributed by atoms with van der Waals surface area (Å²) in [4.78, 5) is 23.6. The van der Waals surface area contributed by atoms with Crippen molar-refractivity contribution in [2.45, 2.75) is 25.5 Å². The minimum absolute atomic E-state index is 0.106. The third kappa shape index (κ3) is 6.04. The lowest BCUT2D eigenvalue weighted by atomic mass is 9.97. The van der Waals surface area contributed by atoms with Gasteiger partial charge in [0.15, 0.2) is 0 Å². The highest BCUT2D eigenvalue weighted by atomic mass is 35.5. The smallest absolute Gasteiger partial charge is 0.227 e. The highest BCUT2D eigenvalue weighted by Gasteiger charge is 2.31. The van der Waals surface area contributed by atoms with Crippen molar-refractivity contribution in [1.29, 1.82) is 0 Å². The van der Waals surface area contributed by atoms with Gasteiger partial charge in [-0.1, -0.05) is 23.7 Å². The SMILES string of the molecule is CC(=O)Nc1ccc(NC(=O)C2CCN(S(=O)(=O)Cc3cccc(Cl)c3)CC2)cc1. The second-order valence-electron chi connectivity index (χ2n) is 7.31. The molecule has 2 amide bonds. The van der Waals surface area contributed by atoms with Gasteiger partial charge < -0.3 is 10.6 Å². The number of sulfonamides is 1. The predicted octanol–water partition coefficient (Wildman–Crippen LogP) is 3.48. The van der Waals surface area contributed by atoms with Crippen molar-refractivity contribution in [3.8, 4) is 0 Å². The Bertz CT molecular complexity index is 1020. The van der Waals surface area contributed by atoms with Crippen LogP contribution < -0.4 is 10.6 Å². The van der Waals surface area contributed by atoms with E-state index in [0.717, 1.165) is 0 Å². The molecular formula is C21H24ClN3O4S. The van der Waals surface area contributed by atoms with Crippen molar-refractivity contribution in [2.75, 3.05) is 23.7 Å². The number of benzene rings is 2. The first kappa shape index (κ1) is 22.3. The molecular weight excluding hydrogens is 426 g/mol. The number of amides is 2. The predicted molar refractivity (Wildman–Crippen MR) is 118 cm³/mol. The Labute approximate surface area is 181 Å². The van der Waals surface area contributed by atoms with Crippen LogP contribution in [0.25, 0.3) is 0 Å². The molecule has 0 atom stereocenters. The van der Waals surface area contributed by atoms with Gasteiger partial charge in [0, 0.05) is 42.3 Å². The minimum atomic E-state index is -3.47. The van der Waals surface area contributed by atoms with Crippen LogP contribution in [0.5, 0.6) is 0 Å². The van der Waals surface area contributed by atoms with E-state index in [4.69, 9.17) is 11.6 Å². The number of hydrogen-bond acceptors (Lipinski definition) is 4. The molecule has 0 radical (unpaired) electrons. The molecule has 0 saturated carbocycles. The summed E-state index contributed by atoms with van der Waals surface area (Å²) in [5.41, 5.74) is 1.92. The van der Waals surface area contributed by atoms with Crippen molar-refractivity contribution >= 4 is 44.8 Å². The van der Waals surface area contributed by atoms with Crippen LogP contribution >= 0.6 is 11.6 Å². The summed E-state index contributed by atoms with van der Waals surface area (Å²) in [6.45, 7) is 2.04. The molecule has 160 valence electrons. The Morgan fingerprint density at radius 3 is 2.20 bits per heavy atom. The first-order valence-electron chi connectivity index (χ1n) is 9.64. The maximum atomic E-state index is 12.7.